The molecule has 112 valence electrons. The highest BCUT2D eigenvalue weighted by Gasteiger charge is 2.27. The highest BCUT2D eigenvalue weighted by Crippen LogP contribution is 2.33. The van der Waals surface area contributed by atoms with Crippen LogP contribution in [0.5, 0.6) is 0 Å². The highest BCUT2D eigenvalue weighted by atomic mass is 16.6. The Bertz CT molecular complexity index is 370. The van der Waals surface area contributed by atoms with Gasteiger partial charge >= 0.3 is 5.97 Å². The van der Waals surface area contributed by atoms with E-state index in [0.29, 0.717) is 18.9 Å². The summed E-state index contributed by atoms with van der Waals surface area (Å²) in [6.45, 7) is 3.31. The van der Waals surface area contributed by atoms with Crippen molar-refractivity contribution in [3.8, 4) is 0 Å². The number of allylic oxidation sites excluding steroid dienone is 2. The summed E-state index contributed by atoms with van der Waals surface area (Å²) in [7, 11) is 0. The molecule has 2 rings (SSSR count). The first kappa shape index (κ1) is 15.3. The second-order valence-electron chi connectivity index (χ2n) is 5.71. The number of rotatable bonds is 6. The fourth-order valence-corrected chi connectivity index (χ4v) is 2.83. The summed E-state index contributed by atoms with van der Waals surface area (Å²) in [4.78, 5) is 11.6. The summed E-state index contributed by atoms with van der Waals surface area (Å²) >= 11 is 0. The van der Waals surface area contributed by atoms with E-state index in [2.05, 4.69) is 13.0 Å². The van der Waals surface area contributed by atoms with Crippen molar-refractivity contribution in [2.24, 2.45) is 5.92 Å². The Morgan fingerprint density at radius 3 is 3.25 bits per heavy atom. The van der Waals surface area contributed by atoms with Crippen LogP contribution in [0.2, 0.25) is 0 Å². The van der Waals surface area contributed by atoms with Gasteiger partial charge in [0.25, 0.3) is 0 Å². The molecule has 2 atom stereocenters. The summed E-state index contributed by atoms with van der Waals surface area (Å²) in [5.41, 5.74) is 1.52. The van der Waals surface area contributed by atoms with Crippen LogP contribution in [-0.4, -0.2) is 25.3 Å². The molecule has 0 radical (unpaired) electrons. The van der Waals surface area contributed by atoms with Gasteiger partial charge in [-0.05, 0) is 32.1 Å². The quantitative estimate of drug-likeness (QED) is 0.548. The fraction of sp³-hybridized carbons (Fsp3) is 0.706. The van der Waals surface area contributed by atoms with Crippen molar-refractivity contribution in [2.75, 3.05) is 13.2 Å². The molecule has 2 aliphatic rings. The van der Waals surface area contributed by atoms with Crippen molar-refractivity contribution >= 4 is 5.97 Å². The highest BCUT2D eigenvalue weighted by molar-refractivity contribution is 5.71. The van der Waals surface area contributed by atoms with Crippen molar-refractivity contribution in [3.63, 3.8) is 0 Å². The Balaban J connectivity index is 1.67. The first-order chi connectivity index (χ1) is 9.79. The first-order valence-corrected chi connectivity index (χ1v) is 7.90. The maximum Gasteiger partial charge on any atom is 0.309 e. The van der Waals surface area contributed by atoms with Crippen LogP contribution in [0.15, 0.2) is 23.8 Å². The molecule has 1 aliphatic heterocycles. The van der Waals surface area contributed by atoms with Gasteiger partial charge in [-0.25, -0.2) is 0 Å². The van der Waals surface area contributed by atoms with Gasteiger partial charge in [-0.2, -0.15) is 0 Å². The third-order valence-electron chi connectivity index (χ3n) is 4.02. The average molecular weight is 278 g/mol. The second kappa shape index (κ2) is 8.25. The van der Waals surface area contributed by atoms with Gasteiger partial charge < -0.3 is 9.47 Å². The Labute approximate surface area is 122 Å². The Kier molecular flexibility index (Phi) is 6.31. The predicted octanol–water partition coefficient (Wildman–Crippen LogP) is 3.79. The number of fused-ring (bicyclic) bond motifs is 1. The normalized spacial score (nSPS) is 26.1. The predicted molar refractivity (Wildman–Crippen MR) is 79.4 cm³/mol. The minimum absolute atomic E-state index is 0.0548. The first-order valence-electron chi connectivity index (χ1n) is 7.90. The molecule has 1 heterocycles. The molecule has 1 aliphatic carbocycles. The number of esters is 1. The van der Waals surface area contributed by atoms with Gasteiger partial charge in [0.2, 0.25) is 0 Å². The zero-order chi connectivity index (χ0) is 14.2. The van der Waals surface area contributed by atoms with E-state index in [0.717, 1.165) is 25.9 Å². The lowest BCUT2D eigenvalue weighted by atomic mass is 9.83. The minimum atomic E-state index is -0.152. The second-order valence-corrected chi connectivity index (χ2v) is 5.71. The van der Waals surface area contributed by atoms with Crippen LogP contribution in [0.3, 0.4) is 0 Å². The van der Waals surface area contributed by atoms with Crippen LogP contribution in [0.4, 0.5) is 0 Å². The van der Waals surface area contributed by atoms with E-state index in [1.165, 1.54) is 24.8 Å². The molecule has 3 heteroatoms. The SMILES string of the molecule is CCCC=CCC(=O)OCC1CC2=CCCCC2CO1. The number of carbonyl (C=O) groups is 1. The van der Waals surface area contributed by atoms with Crippen LogP contribution in [0, 0.1) is 5.92 Å². The van der Waals surface area contributed by atoms with E-state index in [1.807, 2.05) is 12.2 Å². The summed E-state index contributed by atoms with van der Waals surface area (Å²) in [5, 5.41) is 0. The molecule has 0 amide bonds. The third kappa shape index (κ3) is 4.78. The lowest BCUT2D eigenvalue weighted by molar-refractivity contribution is -0.148. The monoisotopic (exact) mass is 278 g/mol. The van der Waals surface area contributed by atoms with Crippen molar-refractivity contribution in [1.29, 1.82) is 0 Å². The topological polar surface area (TPSA) is 35.5 Å². The van der Waals surface area contributed by atoms with E-state index in [4.69, 9.17) is 9.47 Å². The number of hydrogen-bond acceptors (Lipinski definition) is 3. The maximum atomic E-state index is 11.6. The van der Waals surface area contributed by atoms with E-state index < -0.39 is 0 Å². The summed E-state index contributed by atoms with van der Waals surface area (Å²) in [6.07, 6.45) is 13.5. The third-order valence-corrected chi connectivity index (χ3v) is 4.02. The lowest BCUT2D eigenvalue weighted by Gasteiger charge is -2.33. The van der Waals surface area contributed by atoms with Crippen LogP contribution in [0.25, 0.3) is 0 Å². The summed E-state index contributed by atoms with van der Waals surface area (Å²) < 4.78 is 11.1. The van der Waals surface area contributed by atoms with Gasteiger partial charge in [0.05, 0.1) is 19.1 Å². The number of carbonyl (C=O) groups excluding carboxylic acids is 1. The molecule has 20 heavy (non-hydrogen) atoms. The maximum absolute atomic E-state index is 11.6. The van der Waals surface area contributed by atoms with E-state index in [-0.39, 0.29) is 12.1 Å². The molecule has 1 saturated heterocycles. The number of ether oxygens (including phenoxy) is 2. The number of unbranched alkanes of at least 4 members (excludes halogenated alkanes) is 1. The Hall–Kier alpha value is -1.09. The van der Waals surface area contributed by atoms with Gasteiger partial charge in [-0.1, -0.05) is 37.1 Å². The molecule has 0 N–H and O–H groups in total. The Morgan fingerprint density at radius 1 is 1.50 bits per heavy atom. The molecular weight excluding hydrogens is 252 g/mol. The van der Waals surface area contributed by atoms with E-state index in [9.17, 15) is 4.79 Å². The van der Waals surface area contributed by atoms with E-state index >= 15 is 0 Å². The van der Waals surface area contributed by atoms with Crippen LogP contribution >= 0.6 is 0 Å². The molecule has 0 aromatic rings. The van der Waals surface area contributed by atoms with E-state index in [1.54, 1.807) is 0 Å². The van der Waals surface area contributed by atoms with Gasteiger partial charge in [-0.3, -0.25) is 4.79 Å². The standard InChI is InChI=1S/C17H26O3/c1-2-3-4-5-10-17(18)20-13-16-11-14-8-6-7-9-15(14)12-19-16/h4-5,8,15-16H,2-3,6-7,9-13H2,1H3. The zero-order valence-corrected chi connectivity index (χ0v) is 12.5. The molecule has 0 aromatic carbocycles. The molecular formula is C17H26O3. The van der Waals surface area contributed by atoms with Crippen molar-refractivity contribution < 1.29 is 14.3 Å². The van der Waals surface area contributed by atoms with Crippen LogP contribution < -0.4 is 0 Å². The Morgan fingerprint density at radius 2 is 2.40 bits per heavy atom. The molecule has 0 saturated carbocycles. The molecule has 0 aromatic heterocycles. The largest absolute Gasteiger partial charge is 0.463 e. The molecule has 1 fully saturated rings. The summed E-state index contributed by atoms with van der Waals surface area (Å²) in [6, 6.07) is 0. The van der Waals surface area contributed by atoms with Crippen LogP contribution in [0.1, 0.15) is 51.9 Å². The average Bonchev–Trinajstić information content (AvgIpc) is 2.49. The summed E-state index contributed by atoms with van der Waals surface area (Å²) in [5.74, 6) is 0.466. The van der Waals surface area contributed by atoms with Crippen LogP contribution in [-0.2, 0) is 14.3 Å². The fourth-order valence-electron chi connectivity index (χ4n) is 2.83. The van der Waals surface area contributed by atoms with Crippen molar-refractivity contribution in [1.82, 2.24) is 0 Å². The minimum Gasteiger partial charge on any atom is -0.463 e. The van der Waals surface area contributed by atoms with Gasteiger partial charge in [0.15, 0.2) is 0 Å². The van der Waals surface area contributed by atoms with Crippen molar-refractivity contribution in [2.45, 2.75) is 58.0 Å². The van der Waals surface area contributed by atoms with Gasteiger partial charge in [0.1, 0.15) is 6.61 Å². The van der Waals surface area contributed by atoms with Crippen molar-refractivity contribution in [3.05, 3.63) is 23.8 Å². The smallest absolute Gasteiger partial charge is 0.309 e. The molecule has 0 bridgehead atoms. The molecule has 0 spiro atoms. The zero-order valence-electron chi connectivity index (χ0n) is 12.5. The molecule has 3 nitrogen and oxygen atoms in total. The number of hydrogen-bond donors (Lipinski definition) is 0. The van der Waals surface area contributed by atoms with Gasteiger partial charge in [-0.15, -0.1) is 0 Å². The molecule has 2 unspecified atom stereocenters. The van der Waals surface area contributed by atoms with Gasteiger partial charge in [0, 0.05) is 5.92 Å². The lowest BCUT2D eigenvalue weighted by Crippen LogP contribution is -2.33.